The van der Waals surface area contributed by atoms with E-state index >= 15 is 0 Å². The molecule has 0 saturated heterocycles. The topological polar surface area (TPSA) is 21.3 Å². The van der Waals surface area contributed by atoms with Gasteiger partial charge in [0.05, 0.1) is 11.2 Å². The molecule has 1 aliphatic rings. The van der Waals surface area contributed by atoms with Crippen LogP contribution in [-0.2, 0) is 0 Å². The maximum atomic E-state index is 6.25. The van der Waals surface area contributed by atoms with Gasteiger partial charge in [0.15, 0.2) is 0 Å². The van der Waals surface area contributed by atoms with Crippen molar-refractivity contribution in [3.05, 3.63) is 259 Å². The molecular weight excluding hydrogens is 813 g/mol. The lowest BCUT2D eigenvalue weighted by Crippen LogP contribution is -2.12. The van der Waals surface area contributed by atoms with E-state index in [9.17, 15) is 0 Å². The Morgan fingerprint density at radius 3 is 1.79 bits per heavy atom. The van der Waals surface area contributed by atoms with E-state index in [2.05, 4.69) is 246 Å². The molecule has 0 spiro atoms. The fraction of sp³-hybridized carbons (Fsp3) is 0.0312. The van der Waals surface area contributed by atoms with E-state index in [4.69, 9.17) is 4.42 Å². The lowest BCUT2D eigenvalue weighted by atomic mass is 9.83. The fourth-order valence-electron chi connectivity index (χ4n) is 10.6. The van der Waals surface area contributed by atoms with Crippen LogP contribution in [-0.4, -0.2) is 4.57 Å². The van der Waals surface area contributed by atoms with Gasteiger partial charge in [-0.05, 0) is 135 Å². The van der Waals surface area contributed by atoms with Crippen LogP contribution in [0.4, 0.5) is 17.1 Å². The molecule has 1 aliphatic carbocycles. The molecule has 1 unspecified atom stereocenters. The summed E-state index contributed by atoms with van der Waals surface area (Å²) in [6.07, 6.45) is 5.59. The van der Waals surface area contributed by atoms with Gasteiger partial charge in [-0.2, -0.15) is 0 Å². The Hall–Kier alpha value is -8.66. The van der Waals surface area contributed by atoms with E-state index in [-0.39, 0.29) is 5.92 Å². The molecule has 0 N–H and O–H groups in total. The molecule has 0 radical (unpaired) electrons. The first-order chi connectivity index (χ1) is 33.2. The summed E-state index contributed by atoms with van der Waals surface area (Å²) in [5, 5.41) is 6.07. The second-order valence-electron chi connectivity index (χ2n) is 17.6. The van der Waals surface area contributed by atoms with Crippen molar-refractivity contribution in [3.8, 4) is 39.1 Å². The molecule has 67 heavy (non-hydrogen) atoms. The predicted octanol–water partition coefficient (Wildman–Crippen LogP) is 17.7. The minimum atomic E-state index is 0.158. The highest BCUT2D eigenvalue weighted by atomic mass is 16.3. The van der Waals surface area contributed by atoms with Crippen LogP contribution < -0.4 is 4.90 Å². The number of allylic oxidation sites excluding steroid dienone is 1. The summed E-state index contributed by atoms with van der Waals surface area (Å²) in [5.41, 5.74) is 18.6. The van der Waals surface area contributed by atoms with Crippen LogP contribution in [0.5, 0.6) is 0 Å². The zero-order valence-corrected chi connectivity index (χ0v) is 36.8. The number of para-hydroxylation sites is 2. The first kappa shape index (κ1) is 38.8. The highest BCUT2D eigenvalue weighted by molar-refractivity contribution is 6.06. The molecule has 0 saturated carbocycles. The first-order valence-corrected chi connectivity index (χ1v) is 23.2. The smallest absolute Gasteiger partial charge is 0.135 e. The van der Waals surface area contributed by atoms with Crippen molar-refractivity contribution in [1.29, 1.82) is 0 Å². The summed E-state index contributed by atoms with van der Waals surface area (Å²) >= 11 is 0. The van der Waals surface area contributed by atoms with Gasteiger partial charge in [-0.1, -0.05) is 176 Å². The maximum absolute atomic E-state index is 6.25. The number of benzene rings is 10. The summed E-state index contributed by atoms with van der Waals surface area (Å²) in [7, 11) is 0. The van der Waals surface area contributed by atoms with Gasteiger partial charge in [0, 0.05) is 44.8 Å². The number of anilines is 3. The maximum Gasteiger partial charge on any atom is 0.135 e. The van der Waals surface area contributed by atoms with Gasteiger partial charge in [-0.15, -0.1) is 0 Å². The van der Waals surface area contributed by atoms with E-state index in [0.717, 1.165) is 51.1 Å². The van der Waals surface area contributed by atoms with Crippen molar-refractivity contribution in [2.75, 3.05) is 4.90 Å². The number of aromatic nitrogens is 1. The van der Waals surface area contributed by atoms with Crippen LogP contribution in [0.3, 0.4) is 0 Å². The second-order valence-corrected chi connectivity index (χ2v) is 17.6. The monoisotopic (exact) mass is 856 g/mol. The molecule has 0 amide bonds. The molecule has 2 aromatic heterocycles. The number of hydrogen-bond acceptors (Lipinski definition) is 2. The Labute approximate surface area is 389 Å². The zero-order chi connectivity index (χ0) is 44.3. The molecule has 316 valence electrons. The number of fused-ring (bicyclic) bond motifs is 7. The average Bonchev–Trinajstić information content (AvgIpc) is 3.95. The quantitative estimate of drug-likeness (QED) is 0.152. The molecule has 0 aliphatic heterocycles. The van der Waals surface area contributed by atoms with Crippen LogP contribution in [0.2, 0.25) is 0 Å². The Morgan fingerprint density at radius 1 is 0.418 bits per heavy atom. The molecule has 10 aromatic carbocycles. The summed E-state index contributed by atoms with van der Waals surface area (Å²) in [6, 6.07) is 85.8. The summed E-state index contributed by atoms with van der Waals surface area (Å²) in [6.45, 7) is 0. The normalized spacial score (nSPS) is 13.4. The minimum absolute atomic E-state index is 0.158. The van der Waals surface area contributed by atoms with E-state index in [0.29, 0.717) is 0 Å². The SMILES string of the molecule is C1=Cc2c(c3ccccc3n2-c2ccc3oc4ccccc4c3c2)C(c2cccc(N(c3ccc(-c4ccccc4)cc3)c3ccc(-c4ccc(-c5cccc6ccccc56)cc4)cc3)c2)C1. The van der Waals surface area contributed by atoms with Crippen molar-refractivity contribution in [1.82, 2.24) is 4.57 Å². The number of furan rings is 1. The lowest BCUT2D eigenvalue weighted by Gasteiger charge is -2.28. The Balaban J connectivity index is 0.885. The van der Waals surface area contributed by atoms with Crippen molar-refractivity contribution < 1.29 is 4.42 Å². The van der Waals surface area contributed by atoms with E-state index < -0.39 is 0 Å². The molecule has 0 fully saturated rings. The van der Waals surface area contributed by atoms with Crippen molar-refractivity contribution in [2.24, 2.45) is 0 Å². The summed E-state index contributed by atoms with van der Waals surface area (Å²) in [4.78, 5) is 2.40. The van der Waals surface area contributed by atoms with Gasteiger partial charge in [-0.3, -0.25) is 0 Å². The van der Waals surface area contributed by atoms with Gasteiger partial charge in [0.25, 0.3) is 0 Å². The zero-order valence-electron chi connectivity index (χ0n) is 36.8. The van der Waals surface area contributed by atoms with Gasteiger partial charge in [0.1, 0.15) is 11.2 Å². The lowest BCUT2D eigenvalue weighted by molar-refractivity contribution is 0.669. The van der Waals surface area contributed by atoms with E-state index in [1.807, 2.05) is 12.1 Å². The Bertz CT molecular complexity index is 3810. The van der Waals surface area contributed by atoms with E-state index in [1.54, 1.807) is 0 Å². The van der Waals surface area contributed by atoms with Gasteiger partial charge < -0.3 is 13.9 Å². The average molecular weight is 857 g/mol. The van der Waals surface area contributed by atoms with Crippen molar-refractivity contribution in [2.45, 2.75) is 12.3 Å². The molecule has 0 bridgehead atoms. The minimum Gasteiger partial charge on any atom is -0.456 e. The van der Waals surface area contributed by atoms with Crippen LogP contribution in [0.25, 0.3) is 88.8 Å². The van der Waals surface area contributed by atoms with Gasteiger partial charge in [0.2, 0.25) is 0 Å². The third kappa shape index (κ3) is 6.75. The number of nitrogens with zero attached hydrogens (tertiary/aromatic N) is 2. The van der Waals surface area contributed by atoms with Crippen molar-refractivity contribution in [3.63, 3.8) is 0 Å². The standard InChI is InChI=1S/C64H44N2O/c1-2-13-43(14-3-1)45-31-35-50(36-32-45)65(51-37-33-46(34-38-51)44-27-29-48(30-28-44)55-22-11-16-47-15-4-5-19-54(47)55)52-18-10-17-49(41-52)56-23-12-25-61-64(56)58-21-6-8-24-60(58)66(61)53-39-40-63-59(42-53)57-20-7-9-26-62(57)67-63/h1-22,24-42,56H,23H2. The Kier molecular flexibility index (Phi) is 9.31. The molecular formula is C64H44N2O. The van der Waals surface area contributed by atoms with Gasteiger partial charge in [-0.25, -0.2) is 0 Å². The van der Waals surface area contributed by atoms with Crippen LogP contribution >= 0.6 is 0 Å². The molecule has 3 heteroatoms. The fourth-order valence-corrected chi connectivity index (χ4v) is 10.6. The molecule has 3 nitrogen and oxygen atoms in total. The molecule has 13 rings (SSSR count). The van der Waals surface area contributed by atoms with Crippen molar-refractivity contribution >= 4 is 66.8 Å². The van der Waals surface area contributed by atoms with Crippen LogP contribution in [0.15, 0.2) is 247 Å². The third-order valence-corrected chi connectivity index (χ3v) is 13.8. The molecule has 2 heterocycles. The van der Waals surface area contributed by atoms with Crippen LogP contribution in [0, 0.1) is 0 Å². The molecule has 1 atom stereocenters. The summed E-state index contributed by atoms with van der Waals surface area (Å²) < 4.78 is 8.69. The summed E-state index contributed by atoms with van der Waals surface area (Å²) in [5.74, 6) is 0.158. The second kappa shape index (κ2) is 16.1. The molecule has 12 aromatic rings. The Morgan fingerprint density at radius 2 is 1.01 bits per heavy atom. The first-order valence-electron chi connectivity index (χ1n) is 23.2. The third-order valence-electron chi connectivity index (χ3n) is 13.8. The van der Waals surface area contributed by atoms with E-state index in [1.165, 1.54) is 71.9 Å². The predicted molar refractivity (Wildman–Crippen MR) is 281 cm³/mol. The number of hydrogen-bond donors (Lipinski definition) is 0. The highest BCUT2D eigenvalue weighted by Gasteiger charge is 2.28. The highest BCUT2D eigenvalue weighted by Crippen LogP contribution is 2.46. The number of rotatable bonds is 8. The van der Waals surface area contributed by atoms with Gasteiger partial charge >= 0.3 is 0 Å². The van der Waals surface area contributed by atoms with Crippen LogP contribution in [0.1, 0.15) is 29.2 Å². The largest absolute Gasteiger partial charge is 0.456 e.